The summed E-state index contributed by atoms with van der Waals surface area (Å²) in [6, 6.07) is 6.32. The van der Waals surface area contributed by atoms with Gasteiger partial charge in [0.25, 0.3) is 0 Å². The Morgan fingerprint density at radius 3 is 2.42 bits per heavy atom. The van der Waals surface area contributed by atoms with Crippen molar-refractivity contribution in [1.82, 2.24) is 0 Å². The Hall–Kier alpha value is -1.42. The maximum absolute atomic E-state index is 6.15. The van der Waals surface area contributed by atoms with Crippen molar-refractivity contribution in [1.29, 1.82) is 0 Å². The highest BCUT2D eigenvalue weighted by Gasteiger charge is 2.27. The predicted molar refractivity (Wildman–Crippen MR) is 78.1 cm³/mol. The number of anilines is 1. The van der Waals surface area contributed by atoms with E-state index >= 15 is 0 Å². The second-order valence-corrected chi connectivity index (χ2v) is 5.14. The van der Waals surface area contributed by atoms with E-state index in [-0.39, 0.29) is 0 Å². The lowest BCUT2D eigenvalue weighted by Gasteiger charge is -2.22. The maximum atomic E-state index is 6.15. The SMILES string of the molecule is CCC(N)C1CCN(c2cc(OC)cc(OC)c2)C1. The molecule has 1 aliphatic rings. The van der Waals surface area contributed by atoms with Gasteiger partial charge in [-0.3, -0.25) is 0 Å². The molecule has 0 amide bonds. The third-order valence-electron chi connectivity index (χ3n) is 4.00. The fraction of sp³-hybridized carbons (Fsp3) is 0.600. The molecular weight excluding hydrogens is 240 g/mol. The lowest BCUT2D eigenvalue weighted by Crippen LogP contribution is -2.31. The van der Waals surface area contributed by atoms with Gasteiger partial charge in [-0.25, -0.2) is 0 Å². The fourth-order valence-electron chi connectivity index (χ4n) is 2.68. The first-order valence-corrected chi connectivity index (χ1v) is 6.91. The van der Waals surface area contributed by atoms with Crippen molar-refractivity contribution in [2.75, 3.05) is 32.2 Å². The summed E-state index contributed by atoms with van der Waals surface area (Å²) in [5.41, 5.74) is 7.31. The third kappa shape index (κ3) is 3.13. The average Bonchev–Trinajstić information content (AvgIpc) is 2.95. The van der Waals surface area contributed by atoms with Crippen LogP contribution in [0.5, 0.6) is 11.5 Å². The highest BCUT2D eigenvalue weighted by molar-refractivity contribution is 5.56. The van der Waals surface area contributed by atoms with Gasteiger partial charge in [-0.05, 0) is 18.8 Å². The van der Waals surface area contributed by atoms with Gasteiger partial charge in [-0.15, -0.1) is 0 Å². The second kappa shape index (κ2) is 6.15. The van der Waals surface area contributed by atoms with Gasteiger partial charge in [0.1, 0.15) is 11.5 Å². The number of methoxy groups -OCH3 is 2. The zero-order valence-corrected chi connectivity index (χ0v) is 12.1. The van der Waals surface area contributed by atoms with E-state index in [9.17, 15) is 0 Å². The number of hydrogen-bond acceptors (Lipinski definition) is 4. The number of rotatable bonds is 5. The van der Waals surface area contributed by atoms with Gasteiger partial charge in [0.15, 0.2) is 0 Å². The number of benzene rings is 1. The van der Waals surface area contributed by atoms with Crippen molar-refractivity contribution in [3.8, 4) is 11.5 Å². The largest absolute Gasteiger partial charge is 0.497 e. The molecule has 2 atom stereocenters. The van der Waals surface area contributed by atoms with E-state index in [0.29, 0.717) is 12.0 Å². The van der Waals surface area contributed by atoms with Crippen LogP contribution in [0.15, 0.2) is 18.2 Å². The first-order chi connectivity index (χ1) is 9.17. The first kappa shape index (κ1) is 14.0. The minimum Gasteiger partial charge on any atom is -0.497 e. The van der Waals surface area contributed by atoms with Crippen molar-refractivity contribution in [3.63, 3.8) is 0 Å². The number of hydrogen-bond donors (Lipinski definition) is 1. The Balaban J connectivity index is 2.14. The van der Waals surface area contributed by atoms with Crippen molar-refractivity contribution in [2.24, 2.45) is 11.7 Å². The summed E-state index contributed by atoms with van der Waals surface area (Å²) in [5, 5.41) is 0. The van der Waals surface area contributed by atoms with Gasteiger partial charge in [-0.1, -0.05) is 6.92 Å². The third-order valence-corrected chi connectivity index (χ3v) is 4.00. The molecule has 1 heterocycles. The van der Waals surface area contributed by atoms with Gasteiger partial charge in [0.05, 0.1) is 14.2 Å². The average molecular weight is 264 g/mol. The van der Waals surface area contributed by atoms with Gasteiger partial charge in [0, 0.05) is 43.0 Å². The molecule has 4 nitrogen and oxygen atoms in total. The lowest BCUT2D eigenvalue weighted by atomic mass is 9.98. The van der Waals surface area contributed by atoms with E-state index in [1.165, 1.54) is 0 Å². The van der Waals surface area contributed by atoms with Gasteiger partial charge in [-0.2, -0.15) is 0 Å². The fourth-order valence-corrected chi connectivity index (χ4v) is 2.68. The highest BCUT2D eigenvalue weighted by Crippen LogP contribution is 2.32. The number of ether oxygens (including phenoxy) is 2. The minimum atomic E-state index is 0.303. The lowest BCUT2D eigenvalue weighted by molar-refractivity contribution is 0.394. The summed E-state index contributed by atoms with van der Waals surface area (Å²) < 4.78 is 10.6. The summed E-state index contributed by atoms with van der Waals surface area (Å²) in [4.78, 5) is 2.37. The molecule has 2 rings (SSSR count). The van der Waals surface area contributed by atoms with Crippen LogP contribution in [0.25, 0.3) is 0 Å². The van der Waals surface area contributed by atoms with E-state index < -0.39 is 0 Å². The molecule has 1 aromatic carbocycles. The van der Waals surface area contributed by atoms with Crippen molar-refractivity contribution < 1.29 is 9.47 Å². The standard InChI is InChI=1S/C15H24N2O2/c1-4-15(16)11-5-6-17(10-11)12-7-13(18-2)9-14(8-12)19-3/h7-9,11,15H,4-6,10,16H2,1-3H3. The second-order valence-electron chi connectivity index (χ2n) is 5.14. The Labute approximate surface area is 115 Å². The molecule has 19 heavy (non-hydrogen) atoms. The highest BCUT2D eigenvalue weighted by atomic mass is 16.5. The van der Waals surface area contributed by atoms with Gasteiger partial charge < -0.3 is 20.1 Å². The molecule has 1 aliphatic heterocycles. The Morgan fingerprint density at radius 1 is 1.26 bits per heavy atom. The van der Waals surface area contributed by atoms with Crippen LogP contribution in [0.2, 0.25) is 0 Å². The van der Waals surface area contributed by atoms with Crippen LogP contribution in [-0.2, 0) is 0 Å². The molecule has 0 spiro atoms. The summed E-state index contributed by atoms with van der Waals surface area (Å²) >= 11 is 0. The number of nitrogens with two attached hydrogens (primary N) is 1. The van der Waals surface area contributed by atoms with Crippen LogP contribution >= 0.6 is 0 Å². The topological polar surface area (TPSA) is 47.7 Å². The molecule has 1 fully saturated rings. The summed E-state index contributed by atoms with van der Waals surface area (Å²) in [6.07, 6.45) is 2.20. The van der Waals surface area contributed by atoms with Crippen molar-refractivity contribution in [3.05, 3.63) is 18.2 Å². The van der Waals surface area contributed by atoms with E-state index in [0.717, 1.165) is 43.1 Å². The quantitative estimate of drug-likeness (QED) is 0.886. The monoisotopic (exact) mass is 264 g/mol. The Morgan fingerprint density at radius 2 is 1.89 bits per heavy atom. The van der Waals surface area contributed by atoms with Crippen LogP contribution < -0.4 is 20.1 Å². The molecule has 0 saturated carbocycles. The van der Waals surface area contributed by atoms with Crippen molar-refractivity contribution in [2.45, 2.75) is 25.8 Å². The first-order valence-electron chi connectivity index (χ1n) is 6.91. The Kier molecular flexibility index (Phi) is 4.53. The summed E-state index contributed by atoms with van der Waals surface area (Å²) in [5.74, 6) is 2.25. The predicted octanol–water partition coefficient (Wildman–Crippen LogP) is 2.27. The molecular formula is C15H24N2O2. The van der Waals surface area contributed by atoms with Gasteiger partial charge in [0.2, 0.25) is 0 Å². The minimum absolute atomic E-state index is 0.303. The van der Waals surface area contributed by atoms with Crippen LogP contribution in [-0.4, -0.2) is 33.4 Å². The van der Waals surface area contributed by atoms with E-state index in [4.69, 9.17) is 15.2 Å². The molecule has 0 radical (unpaired) electrons. The van der Waals surface area contributed by atoms with E-state index in [2.05, 4.69) is 24.0 Å². The summed E-state index contributed by atoms with van der Waals surface area (Å²) in [7, 11) is 3.36. The van der Waals surface area contributed by atoms with Gasteiger partial charge >= 0.3 is 0 Å². The molecule has 2 N–H and O–H groups in total. The summed E-state index contributed by atoms with van der Waals surface area (Å²) in [6.45, 7) is 4.22. The van der Waals surface area contributed by atoms with Crippen LogP contribution in [0.4, 0.5) is 5.69 Å². The van der Waals surface area contributed by atoms with Crippen molar-refractivity contribution >= 4 is 5.69 Å². The molecule has 1 aromatic rings. The molecule has 1 saturated heterocycles. The van der Waals surface area contributed by atoms with Crippen LogP contribution in [0.3, 0.4) is 0 Å². The Bertz CT molecular complexity index is 400. The number of nitrogens with zero attached hydrogens (tertiary/aromatic N) is 1. The van der Waals surface area contributed by atoms with E-state index in [1.54, 1.807) is 14.2 Å². The van der Waals surface area contributed by atoms with E-state index in [1.807, 2.05) is 6.07 Å². The molecule has 2 unspecified atom stereocenters. The van der Waals surface area contributed by atoms with Crippen LogP contribution in [0.1, 0.15) is 19.8 Å². The molecule has 0 aromatic heterocycles. The molecule has 4 heteroatoms. The smallest absolute Gasteiger partial charge is 0.124 e. The zero-order chi connectivity index (χ0) is 13.8. The normalized spacial score (nSPS) is 20.4. The molecule has 0 bridgehead atoms. The zero-order valence-electron chi connectivity index (χ0n) is 12.1. The maximum Gasteiger partial charge on any atom is 0.124 e. The molecule has 0 aliphatic carbocycles. The van der Waals surface area contributed by atoms with Crippen LogP contribution in [0, 0.1) is 5.92 Å². The molecule has 106 valence electrons.